The van der Waals surface area contributed by atoms with Crippen molar-refractivity contribution in [1.82, 2.24) is 20.1 Å². The number of rotatable bonds is 5. The van der Waals surface area contributed by atoms with Crippen LogP contribution >= 0.6 is 0 Å². The third kappa shape index (κ3) is 4.33. The molecule has 7 nitrogen and oxygen atoms in total. The Kier molecular flexibility index (Phi) is 5.81. The van der Waals surface area contributed by atoms with Gasteiger partial charge in [0.2, 0.25) is 11.8 Å². The number of aromatic nitrogens is 1. The Labute approximate surface area is 193 Å². The molecule has 0 unspecified atom stereocenters. The minimum Gasteiger partial charge on any atom is -0.497 e. The molecular formula is C26H30N4O3. The van der Waals surface area contributed by atoms with Crippen molar-refractivity contribution in [1.29, 1.82) is 0 Å². The number of aryl methyl sites for hydroxylation is 1. The van der Waals surface area contributed by atoms with E-state index in [0.717, 1.165) is 40.7 Å². The molecule has 5 rings (SSSR count). The number of hydrogen-bond acceptors (Lipinski definition) is 4. The minimum atomic E-state index is -0.447. The molecular weight excluding hydrogens is 416 g/mol. The van der Waals surface area contributed by atoms with E-state index in [-0.39, 0.29) is 18.2 Å². The quantitative estimate of drug-likeness (QED) is 0.632. The summed E-state index contributed by atoms with van der Waals surface area (Å²) in [6, 6.07) is 13.9. The van der Waals surface area contributed by atoms with Gasteiger partial charge in [0.15, 0.2) is 0 Å². The van der Waals surface area contributed by atoms with Gasteiger partial charge in [0.1, 0.15) is 5.75 Å². The van der Waals surface area contributed by atoms with Gasteiger partial charge in [-0.1, -0.05) is 29.8 Å². The summed E-state index contributed by atoms with van der Waals surface area (Å²) in [6.45, 7) is 5.28. The maximum atomic E-state index is 13.3. The number of ether oxygens (including phenoxy) is 1. The zero-order valence-electron chi connectivity index (χ0n) is 19.2. The van der Waals surface area contributed by atoms with E-state index in [4.69, 9.17) is 4.74 Å². The van der Waals surface area contributed by atoms with Crippen molar-refractivity contribution in [3.8, 4) is 5.75 Å². The van der Waals surface area contributed by atoms with E-state index in [1.807, 2.05) is 23.1 Å². The molecule has 0 saturated carbocycles. The van der Waals surface area contributed by atoms with Crippen molar-refractivity contribution < 1.29 is 14.3 Å². The van der Waals surface area contributed by atoms with E-state index in [1.165, 1.54) is 11.3 Å². The summed E-state index contributed by atoms with van der Waals surface area (Å²) in [4.78, 5) is 33.6. The highest BCUT2D eigenvalue weighted by Crippen LogP contribution is 2.31. The zero-order chi connectivity index (χ0) is 22.9. The molecule has 1 saturated heterocycles. The van der Waals surface area contributed by atoms with E-state index in [0.29, 0.717) is 26.2 Å². The van der Waals surface area contributed by atoms with Gasteiger partial charge in [-0.25, -0.2) is 0 Å². The largest absolute Gasteiger partial charge is 0.497 e. The molecule has 2 N–H and O–H groups in total. The molecule has 1 aromatic heterocycles. The lowest BCUT2D eigenvalue weighted by molar-refractivity contribution is -0.139. The van der Waals surface area contributed by atoms with E-state index >= 15 is 0 Å². The number of amides is 2. The fourth-order valence-electron chi connectivity index (χ4n) is 4.93. The highest BCUT2D eigenvalue weighted by atomic mass is 16.5. The Morgan fingerprint density at radius 2 is 1.97 bits per heavy atom. The van der Waals surface area contributed by atoms with Crippen LogP contribution in [0, 0.1) is 6.92 Å². The predicted octanol–water partition coefficient (Wildman–Crippen LogP) is 2.76. The number of nitrogens with zero attached hydrogens (tertiary/aromatic N) is 2. The first-order valence-electron chi connectivity index (χ1n) is 11.5. The van der Waals surface area contributed by atoms with Gasteiger partial charge in [0, 0.05) is 61.3 Å². The van der Waals surface area contributed by atoms with Crippen LogP contribution in [0.2, 0.25) is 0 Å². The van der Waals surface area contributed by atoms with Gasteiger partial charge in [-0.15, -0.1) is 0 Å². The van der Waals surface area contributed by atoms with Crippen molar-refractivity contribution in [3.63, 3.8) is 0 Å². The van der Waals surface area contributed by atoms with Crippen molar-refractivity contribution in [3.05, 3.63) is 64.8 Å². The Morgan fingerprint density at radius 1 is 1.15 bits per heavy atom. The number of hydrogen-bond donors (Lipinski definition) is 2. The number of carbonyl (C=O) groups is 2. The maximum Gasteiger partial charge on any atom is 0.237 e. The van der Waals surface area contributed by atoms with Crippen LogP contribution in [0.4, 0.5) is 0 Å². The number of aromatic amines is 1. The van der Waals surface area contributed by atoms with Crippen LogP contribution in [0.25, 0.3) is 10.9 Å². The van der Waals surface area contributed by atoms with E-state index < -0.39 is 6.04 Å². The predicted molar refractivity (Wildman–Crippen MR) is 127 cm³/mol. The topological polar surface area (TPSA) is 77.7 Å². The molecule has 0 aliphatic carbocycles. The highest BCUT2D eigenvalue weighted by molar-refractivity contribution is 5.90. The number of benzene rings is 2. The van der Waals surface area contributed by atoms with Crippen molar-refractivity contribution >= 4 is 22.7 Å². The molecule has 0 radical (unpaired) electrons. The fraction of sp³-hybridized carbons (Fsp3) is 0.385. The minimum absolute atomic E-state index is 0.0221. The molecule has 2 aliphatic rings. The van der Waals surface area contributed by atoms with Gasteiger partial charge in [0.05, 0.1) is 19.6 Å². The Morgan fingerprint density at radius 3 is 2.76 bits per heavy atom. The third-order valence-corrected chi connectivity index (χ3v) is 6.85. The second-order valence-electron chi connectivity index (χ2n) is 9.03. The lowest BCUT2D eigenvalue weighted by Gasteiger charge is -2.36. The smallest absolute Gasteiger partial charge is 0.237 e. The van der Waals surface area contributed by atoms with Crippen LogP contribution in [0.5, 0.6) is 5.75 Å². The first kappa shape index (κ1) is 21.5. The van der Waals surface area contributed by atoms with Gasteiger partial charge < -0.3 is 19.9 Å². The summed E-state index contributed by atoms with van der Waals surface area (Å²) in [5.41, 5.74) is 5.75. The average Bonchev–Trinajstić information content (AvgIpc) is 3.19. The first-order valence-corrected chi connectivity index (χ1v) is 11.5. The molecule has 172 valence electrons. The molecule has 33 heavy (non-hydrogen) atoms. The number of H-pyrrole nitrogens is 1. The number of nitrogens with one attached hydrogen (secondary N) is 2. The molecule has 1 fully saturated rings. The molecule has 7 heteroatoms. The van der Waals surface area contributed by atoms with Crippen molar-refractivity contribution in [2.75, 3.05) is 26.7 Å². The number of methoxy groups -OCH3 is 1. The molecule has 3 heterocycles. The Hall–Kier alpha value is -3.32. The second kappa shape index (κ2) is 8.90. The summed E-state index contributed by atoms with van der Waals surface area (Å²) in [7, 11) is 1.66. The van der Waals surface area contributed by atoms with Gasteiger partial charge >= 0.3 is 0 Å². The van der Waals surface area contributed by atoms with Gasteiger partial charge in [-0.3, -0.25) is 14.5 Å². The van der Waals surface area contributed by atoms with Gasteiger partial charge in [-0.05, 0) is 30.7 Å². The summed E-state index contributed by atoms with van der Waals surface area (Å²) >= 11 is 0. The van der Waals surface area contributed by atoms with Crippen LogP contribution in [0.15, 0.2) is 42.5 Å². The van der Waals surface area contributed by atoms with E-state index in [9.17, 15) is 9.59 Å². The van der Waals surface area contributed by atoms with Crippen LogP contribution < -0.4 is 10.1 Å². The Balaban J connectivity index is 1.31. The molecule has 3 aromatic rings. The van der Waals surface area contributed by atoms with E-state index in [2.05, 4.69) is 46.4 Å². The third-order valence-electron chi connectivity index (χ3n) is 6.85. The number of fused-ring (bicyclic) bond motifs is 3. The van der Waals surface area contributed by atoms with Crippen molar-refractivity contribution in [2.24, 2.45) is 0 Å². The molecule has 2 aliphatic heterocycles. The van der Waals surface area contributed by atoms with Gasteiger partial charge in [0.25, 0.3) is 0 Å². The number of carbonyl (C=O) groups excluding carboxylic acids is 2. The molecule has 0 bridgehead atoms. The van der Waals surface area contributed by atoms with Crippen LogP contribution in [-0.2, 0) is 29.1 Å². The lowest BCUT2D eigenvalue weighted by atomic mass is 10.0. The van der Waals surface area contributed by atoms with Crippen molar-refractivity contribution in [2.45, 2.75) is 38.9 Å². The normalized spacial score (nSPS) is 18.8. The molecule has 2 aromatic carbocycles. The zero-order valence-corrected chi connectivity index (χ0v) is 19.2. The maximum absolute atomic E-state index is 13.3. The second-order valence-corrected chi connectivity index (χ2v) is 9.03. The highest BCUT2D eigenvalue weighted by Gasteiger charge is 2.34. The summed E-state index contributed by atoms with van der Waals surface area (Å²) in [5, 5.41) is 4.04. The standard InChI is InChI=1S/C26H30N4O3/c1-17-3-5-18(6-4-17)15-29-12-10-27-26(32)24(29)14-25(31)30-11-9-23-21(16-30)20-13-19(33-2)7-8-22(20)28-23/h3-8,13,24,28H,9-12,14-16H2,1-2H3,(H,27,32)/t24-/m1/s1. The summed E-state index contributed by atoms with van der Waals surface area (Å²) < 4.78 is 5.39. The molecule has 2 amide bonds. The monoisotopic (exact) mass is 446 g/mol. The number of piperazine rings is 1. The average molecular weight is 447 g/mol. The SMILES string of the molecule is COc1ccc2[nH]c3c(c2c1)CN(C(=O)C[C@@H]1C(=O)NCCN1Cc1ccc(C)cc1)CC3. The van der Waals surface area contributed by atoms with Gasteiger partial charge in [-0.2, -0.15) is 0 Å². The van der Waals surface area contributed by atoms with Crippen LogP contribution in [0.1, 0.15) is 28.8 Å². The lowest BCUT2D eigenvalue weighted by Crippen LogP contribution is -2.56. The van der Waals surface area contributed by atoms with Crippen LogP contribution in [-0.4, -0.2) is 59.4 Å². The Bertz CT molecular complexity index is 1180. The van der Waals surface area contributed by atoms with Crippen LogP contribution in [0.3, 0.4) is 0 Å². The first-order chi connectivity index (χ1) is 16.0. The molecule has 0 spiro atoms. The summed E-state index contributed by atoms with van der Waals surface area (Å²) in [5.74, 6) is 0.767. The fourth-order valence-corrected chi connectivity index (χ4v) is 4.93. The summed E-state index contributed by atoms with van der Waals surface area (Å²) in [6.07, 6.45) is 0.973. The molecule has 1 atom stereocenters. The van der Waals surface area contributed by atoms with E-state index in [1.54, 1.807) is 7.11 Å².